The first-order valence-corrected chi connectivity index (χ1v) is 13.0. The maximum Gasteiger partial charge on any atom is 0.303 e. The van der Waals surface area contributed by atoms with Crippen LogP contribution in [0.5, 0.6) is 23.0 Å². The van der Waals surface area contributed by atoms with Crippen molar-refractivity contribution >= 4 is 11.9 Å². The first-order valence-electron chi connectivity index (χ1n) is 13.0. The lowest BCUT2D eigenvalue weighted by molar-refractivity contribution is -0.137. The quantitative estimate of drug-likeness (QED) is 0.348. The first kappa shape index (κ1) is 29.0. The molecule has 0 aromatic heterocycles. The van der Waals surface area contributed by atoms with Gasteiger partial charge in [-0.05, 0) is 76.0 Å². The number of ether oxygens (including phenoxy) is 4. The van der Waals surface area contributed by atoms with Crippen LogP contribution in [0.15, 0.2) is 30.3 Å². The summed E-state index contributed by atoms with van der Waals surface area (Å²) in [6, 6.07) is 8.15. The van der Waals surface area contributed by atoms with Gasteiger partial charge >= 0.3 is 5.97 Å². The Balaban J connectivity index is 1.92. The van der Waals surface area contributed by atoms with Gasteiger partial charge in [0.1, 0.15) is 11.5 Å². The van der Waals surface area contributed by atoms with Gasteiger partial charge in [-0.2, -0.15) is 4.39 Å². The van der Waals surface area contributed by atoms with Gasteiger partial charge in [-0.15, -0.1) is 0 Å². The molecule has 0 saturated carbocycles. The molecule has 2 aromatic rings. The van der Waals surface area contributed by atoms with Gasteiger partial charge in [-0.25, -0.2) is 0 Å². The van der Waals surface area contributed by atoms with Crippen LogP contribution >= 0.6 is 0 Å². The van der Waals surface area contributed by atoms with Gasteiger partial charge in [-0.1, -0.05) is 0 Å². The van der Waals surface area contributed by atoms with E-state index in [1.54, 1.807) is 49.1 Å². The van der Waals surface area contributed by atoms with Crippen LogP contribution in [0, 0.1) is 5.82 Å². The van der Waals surface area contributed by atoms with E-state index in [1.165, 1.54) is 7.11 Å². The number of carbonyl (C=O) groups is 2. The molecular weight excluding hydrogens is 495 g/mol. The fraction of sp³-hybridized carbons (Fsp3) is 0.500. The second kappa shape index (κ2) is 14.4. The number of benzene rings is 2. The van der Waals surface area contributed by atoms with Crippen LogP contribution in [-0.4, -0.2) is 67.9 Å². The Morgan fingerprint density at radius 1 is 1.00 bits per heavy atom. The lowest BCUT2D eigenvalue weighted by Crippen LogP contribution is -2.45. The second-order valence-corrected chi connectivity index (χ2v) is 8.93. The number of piperidine rings is 1. The molecule has 1 fully saturated rings. The lowest BCUT2D eigenvalue weighted by atomic mass is 10.0. The zero-order valence-electron chi connectivity index (χ0n) is 22.3. The molecule has 0 spiro atoms. The minimum absolute atomic E-state index is 0.00954. The molecule has 1 aliphatic rings. The normalized spacial score (nSPS) is 13.6. The maximum atomic E-state index is 14.8. The van der Waals surface area contributed by atoms with Crippen molar-refractivity contribution in [2.75, 3.05) is 40.0 Å². The Bertz CT molecular complexity index is 1060. The maximum absolute atomic E-state index is 14.8. The average molecular weight is 533 g/mol. The number of nitrogens with zero attached hydrogens (tertiary/aromatic N) is 1. The summed E-state index contributed by atoms with van der Waals surface area (Å²) in [5, 5.41) is 12.2. The smallest absolute Gasteiger partial charge is 0.303 e. The minimum Gasteiger partial charge on any atom is -0.497 e. The number of carboxylic acids is 1. The van der Waals surface area contributed by atoms with E-state index in [0.717, 1.165) is 25.9 Å². The molecule has 208 valence electrons. The lowest BCUT2D eigenvalue weighted by Gasteiger charge is -2.35. The topological polar surface area (TPSA) is 107 Å². The van der Waals surface area contributed by atoms with Gasteiger partial charge in [0, 0.05) is 30.6 Å². The fourth-order valence-corrected chi connectivity index (χ4v) is 4.40. The highest BCUT2D eigenvalue weighted by Gasteiger charge is 2.28. The van der Waals surface area contributed by atoms with Gasteiger partial charge < -0.3 is 34.3 Å². The molecule has 0 atom stereocenters. The summed E-state index contributed by atoms with van der Waals surface area (Å²) < 4.78 is 37.0. The Labute approximate surface area is 222 Å². The summed E-state index contributed by atoms with van der Waals surface area (Å²) in [6.07, 6.45) is 1.87. The third-order valence-electron chi connectivity index (χ3n) is 6.19. The summed E-state index contributed by atoms with van der Waals surface area (Å²) in [4.78, 5) is 26.5. The first-order chi connectivity index (χ1) is 18.4. The van der Waals surface area contributed by atoms with E-state index < -0.39 is 11.8 Å². The van der Waals surface area contributed by atoms with Crippen LogP contribution in [0.2, 0.25) is 0 Å². The Hall–Kier alpha value is -3.53. The number of halogens is 1. The van der Waals surface area contributed by atoms with Crippen LogP contribution in [-0.2, 0) is 11.3 Å². The van der Waals surface area contributed by atoms with Crippen molar-refractivity contribution in [2.45, 2.75) is 52.1 Å². The number of carboxylic acid groups (broad SMARTS) is 1. The number of nitrogens with one attached hydrogen (secondary N) is 1. The molecule has 1 aliphatic heterocycles. The molecule has 2 N–H and O–H groups in total. The number of amides is 1. The van der Waals surface area contributed by atoms with Crippen molar-refractivity contribution in [2.24, 2.45) is 0 Å². The summed E-state index contributed by atoms with van der Waals surface area (Å²) >= 11 is 0. The van der Waals surface area contributed by atoms with Gasteiger partial charge in [0.05, 0.1) is 26.9 Å². The number of carbonyl (C=O) groups excluding carboxylic acids is 1. The molecule has 3 rings (SSSR count). The summed E-state index contributed by atoms with van der Waals surface area (Å²) in [5.41, 5.74) is 1.08. The van der Waals surface area contributed by atoms with Crippen molar-refractivity contribution in [3.8, 4) is 23.0 Å². The van der Waals surface area contributed by atoms with Gasteiger partial charge in [0.15, 0.2) is 11.5 Å². The second-order valence-electron chi connectivity index (χ2n) is 8.93. The van der Waals surface area contributed by atoms with E-state index in [4.69, 9.17) is 24.1 Å². The Kier molecular flexibility index (Phi) is 11.0. The SMILES string of the molecule is CCOc1cc(CN(C(=O)c2cc(OC)cc(OCCCC(=O)O)c2)C2CCNCC2)cc(OCC)c1F. The van der Waals surface area contributed by atoms with Crippen LogP contribution < -0.4 is 24.3 Å². The van der Waals surface area contributed by atoms with Crippen molar-refractivity contribution in [3.05, 3.63) is 47.3 Å². The van der Waals surface area contributed by atoms with E-state index in [1.807, 2.05) is 0 Å². The Morgan fingerprint density at radius 3 is 2.21 bits per heavy atom. The molecular formula is C28H37FN2O7. The highest BCUT2D eigenvalue weighted by Crippen LogP contribution is 2.32. The van der Waals surface area contributed by atoms with E-state index in [2.05, 4.69) is 5.32 Å². The van der Waals surface area contributed by atoms with Crippen molar-refractivity contribution in [1.29, 1.82) is 0 Å². The zero-order chi connectivity index (χ0) is 27.5. The highest BCUT2D eigenvalue weighted by atomic mass is 19.1. The summed E-state index contributed by atoms with van der Waals surface area (Å²) in [7, 11) is 1.51. The predicted octanol–water partition coefficient (Wildman–Crippen LogP) is 4.27. The number of hydrogen-bond acceptors (Lipinski definition) is 7. The minimum atomic E-state index is -0.895. The third kappa shape index (κ3) is 7.98. The van der Waals surface area contributed by atoms with E-state index in [9.17, 15) is 14.0 Å². The van der Waals surface area contributed by atoms with Crippen LogP contribution in [0.4, 0.5) is 4.39 Å². The third-order valence-corrected chi connectivity index (χ3v) is 6.19. The van der Waals surface area contributed by atoms with E-state index in [-0.39, 0.29) is 43.0 Å². The molecule has 9 nitrogen and oxygen atoms in total. The molecule has 0 unspecified atom stereocenters. The standard InChI is InChI=1S/C28H37FN2O7/c1-4-36-24-13-19(14-25(27(24)29)37-5-2)18-31(21-8-10-30-11-9-21)28(34)20-15-22(35-3)17-23(16-20)38-12-6-7-26(32)33/h13-17,21,30H,4-12,18H2,1-3H3,(H,32,33). The average Bonchev–Trinajstić information content (AvgIpc) is 2.92. The van der Waals surface area contributed by atoms with Crippen LogP contribution in [0.25, 0.3) is 0 Å². The molecule has 0 bridgehead atoms. The summed E-state index contributed by atoms with van der Waals surface area (Å²) in [5.74, 6) is -0.625. The molecule has 1 saturated heterocycles. The van der Waals surface area contributed by atoms with Crippen molar-refractivity contribution < 1.29 is 38.0 Å². The number of methoxy groups -OCH3 is 1. The number of aliphatic carboxylic acids is 1. The van der Waals surface area contributed by atoms with E-state index in [0.29, 0.717) is 42.3 Å². The number of hydrogen-bond donors (Lipinski definition) is 2. The van der Waals surface area contributed by atoms with Crippen LogP contribution in [0.3, 0.4) is 0 Å². The molecule has 2 aromatic carbocycles. The Morgan fingerprint density at radius 2 is 1.63 bits per heavy atom. The fourth-order valence-electron chi connectivity index (χ4n) is 4.40. The molecule has 10 heteroatoms. The zero-order valence-corrected chi connectivity index (χ0v) is 22.3. The monoisotopic (exact) mass is 532 g/mol. The largest absolute Gasteiger partial charge is 0.497 e. The van der Waals surface area contributed by atoms with Gasteiger partial charge in [0.2, 0.25) is 5.82 Å². The highest BCUT2D eigenvalue weighted by molar-refractivity contribution is 5.95. The number of rotatable bonds is 14. The molecule has 1 heterocycles. The van der Waals surface area contributed by atoms with Gasteiger partial charge in [-0.3, -0.25) is 9.59 Å². The van der Waals surface area contributed by atoms with Crippen molar-refractivity contribution in [3.63, 3.8) is 0 Å². The molecule has 0 radical (unpaired) electrons. The van der Waals surface area contributed by atoms with E-state index >= 15 is 0 Å². The molecule has 38 heavy (non-hydrogen) atoms. The van der Waals surface area contributed by atoms with Crippen molar-refractivity contribution in [1.82, 2.24) is 10.2 Å². The predicted molar refractivity (Wildman–Crippen MR) is 140 cm³/mol. The van der Waals surface area contributed by atoms with Gasteiger partial charge in [0.25, 0.3) is 5.91 Å². The molecule has 1 amide bonds. The van der Waals surface area contributed by atoms with Crippen LogP contribution in [0.1, 0.15) is 55.5 Å². The summed E-state index contributed by atoms with van der Waals surface area (Å²) in [6.45, 7) is 6.13. The molecule has 0 aliphatic carbocycles.